The maximum absolute atomic E-state index is 5.46. The molecule has 1 aliphatic heterocycles. The van der Waals surface area contributed by atoms with Crippen molar-refractivity contribution in [1.82, 2.24) is 25.3 Å². The summed E-state index contributed by atoms with van der Waals surface area (Å²) in [6.45, 7) is 3.83. The first kappa shape index (κ1) is 22.9. The quantitative estimate of drug-likeness (QED) is 0.389. The van der Waals surface area contributed by atoms with Crippen LogP contribution in [0.4, 0.5) is 0 Å². The Hall–Kier alpha value is -3.32. The Balaban J connectivity index is 1.31. The van der Waals surface area contributed by atoms with Gasteiger partial charge in [0.1, 0.15) is 5.75 Å². The molecule has 1 saturated heterocycles. The average molecular weight is 447 g/mol. The molecular weight excluding hydrogens is 412 g/mol. The van der Waals surface area contributed by atoms with Gasteiger partial charge in [0.05, 0.1) is 25.0 Å². The van der Waals surface area contributed by atoms with E-state index in [1.165, 1.54) is 24.0 Å². The number of nitrogens with zero attached hydrogens (tertiary/aromatic N) is 4. The van der Waals surface area contributed by atoms with Crippen molar-refractivity contribution in [2.75, 3.05) is 40.3 Å². The number of ether oxygens (including phenoxy) is 1. The lowest BCUT2D eigenvalue weighted by Gasteiger charge is -2.29. The predicted octanol–water partition coefficient (Wildman–Crippen LogP) is 3.43. The minimum atomic E-state index is 0.283. The Morgan fingerprint density at radius 3 is 2.67 bits per heavy atom. The molecule has 3 aromatic rings. The Labute approximate surface area is 196 Å². The van der Waals surface area contributed by atoms with Gasteiger partial charge in [0, 0.05) is 26.3 Å². The summed E-state index contributed by atoms with van der Waals surface area (Å²) in [4.78, 5) is 6.98. The van der Waals surface area contributed by atoms with Gasteiger partial charge < -0.3 is 15.4 Å². The van der Waals surface area contributed by atoms with Gasteiger partial charge in [-0.15, -0.1) is 0 Å². The number of hydrogen-bond donors (Lipinski definition) is 2. The summed E-state index contributed by atoms with van der Waals surface area (Å²) in [5.74, 6) is 1.72. The molecule has 0 aliphatic carbocycles. The SMILES string of the molecule is CN=C(NCCc1cnn(-c2ccccc2)c1)NCC(c1cccc(OC)c1)N1CCCC1. The van der Waals surface area contributed by atoms with Crippen LogP contribution in [0.1, 0.15) is 30.0 Å². The third-order valence-corrected chi connectivity index (χ3v) is 6.11. The molecule has 1 aromatic heterocycles. The van der Waals surface area contributed by atoms with Crippen molar-refractivity contribution in [1.29, 1.82) is 0 Å². The molecule has 1 atom stereocenters. The lowest BCUT2D eigenvalue weighted by atomic mass is 10.1. The van der Waals surface area contributed by atoms with Gasteiger partial charge in [-0.05, 0) is 67.7 Å². The van der Waals surface area contributed by atoms with Crippen LogP contribution in [0.2, 0.25) is 0 Å². The van der Waals surface area contributed by atoms with Crippen molar-refractivity contribution in [3.8, 4) is 11.4 Å². The second-order valence-electron chi connectivity index (χ2n) is 8.29. The van der Waals surface area contributed by atoms with Gasteiger partial charge in [-0.2, -0.15) is 5.10 Å². The van der Waals surface area contributed by atoms with Crippen LogP contribution < -0.4 is 15.4 Å². The van der Waals surface area contributed by atoms with Crippen LogP contribution in [0.5, 0.6) is 5.75 Å². The fourth-order valence-electron chi connectivity index (χ4n) is 4.31. The molecule has 0 bridgehead atoms. The van der Waals surface area contributed by atoms with Gasteiger partial charge in [0.15, 0.2) is 5.96 Å². The van der Waals surface area contributed by atoms with Crippen molar-refractivity contribution in [3.05, 3.63) is 78.1 Å². The number of likely N-dealkylation sites (tertiary alicyclic amines) is 1. The van der Waals surface area contributed by atoms with Gasteiger partial charge >= 0.3 is 0 Å². The van der Waals surface area contributed by atoms with E-state index in [1.807, 2.05) is 42.2 Å². The number of para-hydroxylation sites is 1. The summed E-state index contributed by atoms with van der Waals surface area (Å²) >= 11 is 0. The normalized spacial score (nSPS) is 15.4. The van der Waals surface area contributed by atoms with Crippen LogP contribution in [0, 0.1) is 0 Å². The Bertz CT molecular complexity index is 1030. The lowest BCUT2D eigenvalue weighted by molar-refractivity contribution is 0.245. The number of hydrogen-bond acceptors (Lipinski definition) is 4. The molecule has 0 radical (unpaired) electrons. The molecule has 1 aliphatic rings. The largest absolute Gasteiger partial charge is 0.497 e. The van der Waals surface area contributed by atoms with Gasteiger partial charge in [0.2, 0.25) is 0 Å². The number of nitrogens with one attached hydrogen (secondary N) is 2. The highest BCUT2D eigenvalue weighted by atomic mass is 16.5. The number of guanidine groups is 1. The van der Waals surface area contributed by atoms with E-state index in [2.05, 4.69) is 62.2 Å². The van der Waals surface area contributed by atoms with Gasteiger partial charge in [-0.25, -0.2) is 4.68 Å². The molecule has 1 fully saturated rings. The summed E-state index contributed by atoms with van der Waals surface area (Å²) in [6.07, 6.45) is 7.39. The van der Waals surface area contributed by atoms with Crippen LogP contribution in [0.15, 0.2) is 72.0 Å². The zero-order valence-electron chi connectivity index (χ0n) is 19.6. The molecule has 1 unspecified atom stereocenters. The zero-order chi connectivity index (χ0) is 22.9. The molecule has 2 heterocycles. The van der Waals surface area contributed by atoms with Crippen LogP contribution in [-0.4, -0.2) is 61.0 Å². The molecule has 7 nitrogen and oxygen atoms in total. The van der Waals surface area contributed by atoms with E-state index in [0.29, 0.717) is 0 Å². The molecule has 7 heteroatoms. The monoisotopic (exact) mass is 446 g/mol. The lowest BCUT2D eigenvalue weighted by Crippen LogP contribution is -2.43. The molecule has 2 N–H and O–H groups in total. The fraction of sp³-hybridized carbons (Fsp3) is 0.385. The predicted molar refractivity (Wildman–Crippen MR) is 133 cm³/mol. The van der Waals surface area contributed by atoms with E-state index in [0.717, 1.165) is 50.0 Å². The zero-order valence-corrected chi connectivity index (χ0v) is 19.6. The molecule has 174 valence electrons. The number of aromatic nitrogens is 2. The fourth-order valence-corrected chi connectivity index (χ4v) is 4.31. The third kappa shape index (κ3) is 6.14. The summed E-state index contributed by atoms with van der Waals surface area (Å²) in [5.41, 5.74) is 3.53. The van der Waals surface area contributed by atoms with E-state index in [9.17, 15) is 0 Å². The molecule has 33 heavy (non-hydrogen) atoms. The van der Waals surface area contributed by atoms with Crippen molar-refractivity contribution < 1.29 is 4.74 Å². The maximum atomic E-state index is 5.46. The van der Waals surface area contributed by atoms with Crippen molar-refractivity contribution in [3.63, 3.8) is 0 Å². The highest BCUT2D eigenvalue weighted by molar-refractivity contribution is 5.79. The van der Waals surface area contributed by atoms with Gasteiger partial charge in [-0.1, -0.05) is 30.3 Å². The number of benzene rings is 2. The minimum absolute atomic E-state index is 0.283. The molecule has 0 spiro atoms. The number of methoxy groups -OCH3 is 1. The number of aliphatic imine (C=N–C) groups is 1. The molecular formula is C26H34N6O. The van der Waals surface area contributed by atoms with E-state index < -0.39 is 0 Å². The van der Waals surface area contributed by atoms with Crippen LogP contribution in [0.25, 0.3) is 5.69 Å². The Kier molecular flexibility index (Phi) is 7.98. The van der Waals surface area contributed by atoms with Crippen LogP contribution >= 0.6 is 0 Å². The second-order valence-corrected chi connectivity index (χ2v) is 8.29. The highest BCUT2D eigenvalue weighted by Crippen LogP contribution is 2.27. The first-order valence-electron chi connectivity index (χ1n) is 11.7. The first-order valence-corrected chi connectivity index (χ1v) is 11.7. The first-order chi connectivity index (χ1) is 16.3. The second kappa shape index (κ2) is 11.5. The molecule has 0 saturated carbocycles. The average Bonchev–Trinajstić information content (AvgIpc) is 3.57. The number of rotatable bonds is 9. The van der Waals surface area contributed by atoms with E-state index in [4.69, 9.17) is 4.74 Å². The van der Waals surface area contributed by atoms with Gasteiger partial charge in [-0.3, -0.25) is 9.89 Å². The van der Waals surface area contributed by atoms with Crippen molar-refractivity contribution in [2.45, 2.75) is 25.3 Å². The standard InChI is InChI=1S/C26H34N6O/c1-27-26(28-14-13-21-18-30-32(20-21)23-10-4-3-5-11-23)29-19-25(31-15-6-7-16-31)22-9-8-12-24(17-22)33-2/h3-5,8-12,17-18,20,25H,6-7,13-16,19H2,1-2H3,(H2,27,28,29). The van der Waals surface area contributed by atoms with Crippen molar-refractivity contribution in [2.24, 2.45) is 4.99 Å². The third-order valence-electron chi connectivity index (χ3n) is 6.11. The van der Waals surface area contributed by atoms with Crippen LogP contribution in [-0.2, 0) is 6.42 Å². The van der Waals surface area contributed by atoms with Gasteiger partial charge in [0.25, 0.3) is 0 Å². The van der Waals surface area contributed by atoms with Crippen molar-refractivity contribution >= 4 is 5.96 Å². The smallest absolute Gasteiger partial charge is 0.191 e. The summed E-state index contributed by atoms with van der Waals surface area (Å²) in [7, 11) is 3.54. The summed E-state index contributed by atoms with van der Waals surface area (Å²) < 4.78 is 7.37. The highest BCUT2D eigenvalue weighted by Gasteiger charge is 2.24. The molecule has 0 amide bonds. The Morgan fingerprint density at radius 1 is 1.09 bits per heavy atom. The summed E-state index contributed by atoms with van der Waals surface area (Å²) in [5, 5.41) is 11.5. The van der Waals surface area contributed by atoms with E-state index >= 15 is 0 Å². The molecule has 4 rings (SSSR count). The van der Waals surface area contributed by atoms with E-state index in [1.54, 1.807) is 7.11 Å². The maximum Gasteiger partial charge on any atom is 0.191 e. The van der Waals surface area contributed by atoms with Crippen LogP contribution in [0.3, 0.4) is 0 Å². The molecule has 2 aromatic carbocycles. The van der Waals surface area contributed by atoms with E-state index in [-0.39, 0.29) is 6.04 Å². The topological polar surface area (TPSA) is 66.7 Å². The minimum Gasteiger partial charge on any atom is -0.497 e. The Morgan fingerprint density at radius 2 is 1.91 bits per heavy atom. The summed E-state index contributed by atoms with van der Waals surface area (Å²) in [6, 6.07) is 18.9.